The number of aromatic nitrogens is 2. The van der Waals surface area contributed by atoms with Crippen molar-refractivity contribution in [3.8, 4) is 0 Å². The van der Waals surface area contributed by atoms with Crippen molar-refractivity contribution in [1.82, 2.24) is 15.1 Å². The summed E-state index contributed by atoms with van der Waals surface area (Å²) in [6.45, 7) is 9.76. The summed E-state index contributed by atoms with van der Waals surface area (Å²) in [4.78, 5) is 14.1. The second kappa shape index (κ2) is 4.96. The van der Waals surface area contributed by atoms with Crippen molar-refractivity contribution < 1.29 is 9.90 Å². The summed E-state index contributed by atoms with van der Waals surface area (Å²) < 4.78 is 0. The van der Waals surface area contributed by atoms with Gasteiger partial charge in [-0.05, 0) is 12.0 Å². The van der Waals surface area contributed by atoms with Crippen LogP contribution in [-0.4, -0.2) is 45.8 Å². The number of nitrogens with zero attached hydrogens (tertiary/aromatic N) is 2. The molecule has 1 aliphatic heterocycles. The van der Waals surface area contributed by atoms with E-state index in [4.69, 9.17) is 0 Å². The Kier molecular flexibility index (Phi) is 3.67. The largest absolute Gasteiger partial charge is 0.396 e. The summed E-state index contributed by atoms with van der Waals surface area (Å²) in [5.74, 6) is 0.481. The van der Waals surface area contributed by atoms with Gasteiger partial charge in [-0.2, -0.15) is 5.10 Å². The normalized spacial score (nSPS) is 23.9. The highest BCUT2D eigenvalue weighted by Gasteiger charge is 2.33. The van der Waals surface area contributed by atoms with Crippen LogP contribution in [0.1, 0.15) is 43.9 Å². The molecule has 2 atom stereocenters. The molecule has 2 rings (SSSR count). The molecular formula is C14H23N3O2. The van der Waals surface area contributed by atoms with Crippen LogP contribution >= 0.6 is 0 Å². The molecule has 1 saturated heterocycles. The van der Waals surface area contributed by atoms with E-state index in [0.29, 0.717) is 24.7 Å². The summed E-state index contributed by atoms with van der Waals surface area (Å²) in [5.41, 5.74) is 1.38. The second-order valence-electron chi connectivity index (χ2n) is 6.55. The van der Waals surface area contributed by atoms with Gasteiger partial charge in [-0.1, -0.05) is 27.7 Å². The average Bonchev–Trinajstić information content (AvgIpc) is 2.93. The van der Waals surface area contributed by atoms with Gasteiger partial charge in [-0.3, -0.25) is 9.89 Å². The predicted octanol–water partition coefficient (Wildman–Crippen LogP) is 1.41. The number of carbonyl (C=O) groups is 1. The fourth-order valence-corrected chi connectivity index (χ4v) is 2.42. The first kappa shape index (κ1) is 14.1. The average molecular weight is 265 g/mol. The van der Waals surface area contributed by atoms with E-state index in [1.54, 1.807) is 4.90 Å². The highest BCUT2D eigenvalue weighted by atomic mass is 16.3. The number of aliphatic hydroxyl groups excluding tert-OH is 1. The Labute approximate surface area is 114 Å². The monoisotopic (exact) mass is 265 g/mol. The molecular weight excluding hydrogens is 242 g/mol. The van der Waals surface area contributed by atoms with Gasteiger partial charge in [0.1, 0.15) is 5.69 Å². The van der Waals surface area contributed by atoms with E-state index in [9.17, 15) is 9.90 Å². The van der Waals surface area contributed by atoms with Crippen molar-refractivity contribution >= 4 is 5.91 Å². The Morgan fingerprint density at radius 2 is 2.21 bits per heavy atom. The van der Waals surface area contributed by atoms with Gasteiger partial charge in [0, 0.05) is 36.7 Å². The number of aromatic amines is 1. The molecule has 19 heavy (non-hydrogen) atoms. The van der Waals surface area contributed by atoms with Crippen LogP contribution < -0.4 is 0 Å². The Balaban J connectivity index is 2.11. The fourth-order valence-electron chi connectivity index (χ4n) is 2.42. The van der Waals surface area contributed by atoms with Gasteiger partial charge in [-0.25, -0.2) is 0 Å². The molecule has 0 aliphatic carbocycles. The van der Waals surface area contributed by atoms with Crippen molar-refractivity contribution in [2.75, 3.05) is 19.7 Å². The number of hydrogen-bond acceptors (Lipinski definition) is 3. The van der Waals surface area contributed by atoms with Crippen molar-refractivity contribution in [3.05, 3.63) is 17.5 Å². The molecule has 1 aromatic rings. The number of amides is 1. The second-order valence-corrected chi connectivity index (χ2v) is 6.55. The molecule has 1 aromatic heterocycles. The number of carbonyl (C=O) groups excluding carboxylic acids is 1. The van der Waals surface area contributed by atoms with Crippen molar-refractivity contribution in [3.63, 3.8) is 0 Å². The van der Waals surface area contributed by atoms with Crippen LogP contribution in [0.15, 0.2) is 6.07 Å². The molecule has 0 aromatic carbocycles. The summed E-state index contributed by atoms with van der Waals surface area (Å²) >= 11 is 0. The maximum atomic E-state index is 12.4. The number of nitrogens with one attached hydrogen (secondary N) is 1. The zero-order valence-corrected chi connectivity index (χ0v) is 12.1. The predicted molar refractivity (Wildman–Crippen MR) is 72.9 cm³/mol. The molecule has 0 bridgehead atoms. The molecule has 2 N–H and O–H groups in total. The highest BCUT2D eigenvalue weighted by molar-refractivity contribution is 5.92. The topological polar surface area (TPSA) is 69.2 Å². The third kappa shape index (κ3) is 2.81. The minimum Gasteiger partial charge on any atom is -0.396 e. The van der Waals surface area contributed by atoms with Crippen LogP contribution in [0.3, 0.4) is 0 Å². The van der Waals surface area contributed by atoms with Crippen molar-refractivity contribution in [2.45, 2.75) is 33.1 Å². The molecule has 0 spiro atoms. The van der Waals surface area contributed by atoms with Crippen LogP contribution in [0.2, 0.25) is 0 Å². The lowest BCUT2D eigenvalue weighted by Crippen LogP contribution is -2.29. The lowest BCUT2D eigenvalue weighted by atomic mass is 9.92. The summed E-state index contributed by atoms with van der Waals surface area (Å²) in [7, 11) is 0. The van der Waals surface area contributed by atoms with E-state index < -0.39 is 0 Å². The summed E-state index contributed by atoms with van der Waals surface area (Å²) in [5, 5.41) is 16.3. The quantitative estimate of drug-likeness (QED) is 0.849. The summed E-state index contributed by atoms with van der Waals surface area (Å²) in [6.07, 6.45) is 0. The zero-order valence-electron chi connectivity index (χ0n) is 12.1. The van der Waals surface area contributed by atoms with Gasteiger partial charge in [0.25, 0.3) is 5.91 Å². The first-order valence-corrected chi connectivity index (χ1v) is 6.79. The van der Waals surface area contributed by atoms with Gasteiger partial charge in [0.05, 0.1) is 0 Å². The number of aliphatic hydroxyl groups is 1. The SMILES string of the molecule is C[C@@H]1CN(C(=O)c2cc(C(C)(C)C)[nH]n2)C[C@H]1CO. The Morgan fingerprint density at radius 1 is 1.53 bits per heavy atom. The van der Waals surface area contributed by atoms with Crippen LogP contribution in [0, 0.1) is 11.8 Å². The van der Waals surface area contributed by atoms with Crippen LogP contribution in [0.25, 0.3) is 0 Å². The number of H-pyrrole nitrogens is 1. The van der Waals surface area contributed by atoms with E-state index in [1.165, 1.54) is 0 Å². The highest BCUT2D eigenvalue weighted by Crippen LogP contribution is 2.25. The minimum absolute atomic E-state index is 0.0442. The number of rotatable bonds is 2. The maximum Gasteiger partial charge on any atom is 0.274 e. The first-order valence-electron chi connectivity index (χ1n) is 6.79. The third-order valence-corrected chi connectivity index (χ3v) is 3.89. The fraction of sp³-hybridized carbons (Fsp3) is 0.714. The molecule has 5 heteroatoms. The lowest BCUT2D eigenvalue weighted by molar-refractivity contribution is 0.0774. The molecule has 0 radical (unpaired) electrons. The lowest BCUT2D eigenvalue weighted by Gasteiger charge is -2.15. The van der Waals surface area contributed by atoms with E-state index in [2.05, 4.69) is 37.9 Å². The molecule has 2 heterocycles. The zero-order chi connectivity index (χ0) is 14.2. The molecule has 1 fully saturated rings. The van der Waals surface area contributed by atoms with E-state index in [1.807, 2.05) is 6.07 Å². The Bertz CT molecular complexity index is 462. The van der Waals surface area contributed by atoms with Gasteiger partial charge < -0.3 is 10.0 Å². The molecule has 1 aliphatic rings. The third-order valence-electron chi connectivity index (χ3n) is 3.89. The van der Waals surface area contributed by atoms with E-state index in [0.717, 1.165) is 5.69 Å². The van der Waals surface area contributed by atoms with Crippen LogP contribution in [0.4, 0.5) is 0 Å². The van der Waals surface area contributed by atoms with Crippen LogP contribution in [0.5, 0.6) is 0 Å². The molecule has 0 saturated carbocycles. The van der Waals surface area contributed by atoms with E-state index in [-0.39, 0.29) is 23.8 Å². The minimum atomic E-state index is -0.0467. The standard InChI is InChI=1S/C14H23N3O2/c1-9-6-17(7-10(9)8-18)13(19)11-5-12(16-15-11)14(2,3)4/h5,9-10,18H,6-8H2,1-4H3,(H,15,16)/t9-,10+/m1/s1. The van der Waals surface area contributed by atoms with E-state index >= 15 is 0 Å². The molecule has 1 amide bonds. The Morgan fingerprint density at radius 3 is 2.68 bits per heavy atom. The maximum absolute atomic E-state index is 12.4. The molecule has 106 valence electrons. The number of likely N-dealkylation sites (tertiary alicyclic amines) is 1. The first-order chi connectivity index (χ1) is 8.82. The Hall–Kier alpha value is -1.36. The van der Waals surface area contributed by atoms with Gasteiger partial charge in [-0.15, -0.1) is 0 Å². The van der Waals surface area contributed by atoms with Crippen molar-refractivity contribution in [1.29, 1.82) is 0 Å². The van der Waals surface area contributed by atoms with Gasteiger partial charge in [0.15, 0.2) is 0 Å². The molecule has 5 nitrogen and oxygen atoms in total. The summed E-state index contributed by atoms with van der Waals surface area (Å²) in [6, 6.07) is 1.83. The van der Waals surface area contributed by atoms with Gasteiger partial charge in [0.2, 0.25) is 0 Å². The van der Waals surface area contributed by atoms with Crippen LogP contribution in [-0.2, 0) is 5.41 Å². The number of hydrogen-bond donors (Lipinski definition) is 2. The molecule has 0 unspecified atom stereocenters. The smallest absolute Gasteiger partial charge is 0.274 e. The van der Waals surface area contributed by atoms with Crippen molar-refractivity contribution in [2.24, 2.45) is 11.8 Å². The van der Waals surface area contributed by atoms with Gasteiger partial charge >= 0.3 is 0 Å².